The fourth-order valence-electron chi connectivity index (χ4n) is 3.31. The first-order chi connectivity index (χ1) is 13.9. The number of thiophene rings is 1. The first kappa shape index (κ1) is 21.9. The fraction of sp³-hybridized carbons (Fsp3) is 0.478. The molecule has 1 aliphatic rings. The molecule has 0 aliphatic carbocycles. The van der Waals surface area contributed by atoms with Crippen molar-refractivity contribution in [3.8, 4) is 10.6 Å². The zero-order valence-corrected chi connectivity index (χ0v) is 19.9. The largest absolute Gasteiger partial charge is 0.317 e. The Kier molecular flexibility index (Phi) is 6.76. The zero-order chi connectivity index (χ0) is 21.2. The van der Waals surface area contributed by atoms with Gasteiger partial charge in [0.15, 0.2) is 0 Å². The monoisotopic (exact) mass is 429 g/mol. The highest BCUT2D eigenvalue weighted by atomic mass is 32.1. The van der Waals surface area contributed by atoms with Crippen LogP contribution < -0.4 is 5.32 Å². The van der Waals surface area contributed by atoms with Gasteiger partial charge in [-0.25, -0.2) is 4.98 Å². The van der Waals surface area contributed by atoms with Gasteiger partial charge in [-0.15, -0.1) is 22.7 Å². The standard InChI is InChI=1S/C21H25N3OS2.C2H6/c1-5-24-11-10-13-16(12-24)27-19(23-20(25)21(2,3)4)17(13)18-22-14-8-6-7-9-15(14)26-18;1-2/h6-9H,5,10-12H2,1-4H3,(H,23,25);1-2H3. The van der Waals surface area contributed by atoms with E-state index >= 15 is 0 Å². The molecule has 2 aromatic heterocycles. The van der Waals surface area contributed by atoms with Crippen molar-refractivity contribution < 1.29 is 4.79 Å². The number of likely N-dealkylation sites (N-methyl/N-ethyl adjacent to an activating group) is 1. The van der Waals surface area contributed by atoms with E-state index in [1.54, 1.807) is 22.7 Å². The molecular formula is C23H31N3OS2. The maximum absolute atomic E-state index is 12.7. The predicted octanol–water partition coefficient (Wildman–Crippen LogP) is 6.41. The van der Waals surface area contributed by atoms with Crippen molar-refractivity contribution in [1.82, 2.24) is 9.88 Å². The molecular weight excluding hydrogens is 398 g/mol. The van der Waals surface area contributed by atoms with Crippen LogP contribution >= 0.6 is 22.7 Å². The first-order valence-electron chi connectivity index (χ1n) is 10.4. The van der Waals surface area contributed by atoms with Crippen molar-refractivity contribution in [3.63, 3.8) is 0 Å². The lowest BCUT2D eigenvalue weighted by atomic mass is 9.95. The molecule has 1 amide bonds. The van der Waals surface area contributed by atoms with Crippen LogP contribution in [-0.2, 0) is 17.8 Å². The van der Waals surface area contributed by atoms with E-state index in [0.717, 1.165) is 47.1 Å². The van der Waals surface area contributed by atoms with Crippen molar-refractivity contribution in [1.29, 1.82) is 0 Å². The molecule has 0 atom stereocenters. The first-order valence-corrected chi connectivity index (χ1v) is 12.0. The summed E-state index contributed by atoms with van der Waals surface area (Å²) in [5.74, 6) is 0.0517. The van der Waals surface area contributed by atoms with Gasteiger partial charge in [-0.3, -0.25) is 9.69 Å². The number of hydrogen-bond acceptors (Lipinski definition) is 5. The molecule has 1 aromatic carbocycles. The molecule has 0 unspecified atom stereocenters. The maximum Gasteiger partial charge on any atom is 0.230 e. The lowest BCUT2D eigenvalue weighted by Gasteiger charge is -2.25. The van der Waals surface area contributed by atoms with Gasteiger partial charge in [0, 0.05) is 28.9 Å². The number of nitrogens with one attached hydrogen (secondary N) is 1. The third-order valence-electron chi connectivity index (χ3n) is 5.00. The van der Waals surface area contributed by atoms with Gasteiger partial charge in [-0.1, -0.05) is 53.7 Å². The normalized spacial score (nSPS) is 14.3. The van der Waals surface area contributed by atoms with Gasteiger partial charge in [0.2, 0.25) is 5.91 Å². The highest BCUT2D eigenvalue weighted by molar-refractivity contribution is 7.22. The Morgan fingerprint density at radius 2 is 1.93 bits per heavy atom. The molecule has 4 rings (SSSR count). The second-order valence-corrected chi connectivity index (χ2v) is 10.2. The summed E-state index contributed by atoms with van der Waals surface area (Å²) < 4.78 is 1.19. The molecule has 3 heterocycles. The average Bonchev–Trinajstić information content (AvgIpc) is 3.28. The Labute approximate surface area is 182 Å². The van der Waals surface area contributed by atoms with E-state index in [0.29, 0.717) is 0 Å². The number of fused-ring (bicyclic) bond motifs is 2. The van der Waals surface area contributed by atoms with E-state index < -0.39 is 5.41 Å². The Balaban J connectivity index is 0.00000117. The lowest BCUT2D eigenvalue weighted by Crippen LogP contribution is -2.29. The van der Waals surface area contributed by atoms with Crippen molar-refractivity contribution in [3.05, 3.63) is 34.7 Å². The SMILES string of the molecule is CC.CCN1CCc2c(sc(NC(=O)C(C)(C)C)c2-c2nc3ccccc3s2)C1. The van der Waals surface area contributed by atoms with Crippen LogP contribution in [0.2, 0.25) is 0 Å². The van der Waals surface area contributed by atoms with E-state index in [2.05, 4.69) is 35.3 Å². The van der Waals surface area contributed by atoms with Crippen molar-refractivity contribution >= 4 is 43.8 Å². The van der Waals surface area contributed by atoms with E-state index in [-0.39, 0.29) is 5.91 Å². The van der Waals surface area contributed by atoms with Gasteiger partial charge in [0.05, 0.1) is 10.2 Å². The summed E-state index contributed by atoms with van der Waals surface area (Å²) in [5.41, 5.74) is 3.11. The molecule has 0 saturated heterocycles. The summed E-state index contributed by atoms with van der Waals surface area (Å²) in [6, 6.07) is 8.24. The molecule has 0 spiro atoms. The number of para-hydroxylation sites is 1. The number of anilines is 1. The van der Waals surface area contributed by atoms with Crippen LogP contribution in [0, 0.1) is 5.41 Å². The average molecular weight is 430 g/mol. The number of aromatic nitrogens is 1. The van der Waals surface area contributed by atoms with E-state index in [4.69, 9.17) is 4.98 Å². The van der Waals surface area contributed by atoms with Crippen LogP contribution in [0.15, 0.2) is 24.3 Å². The van der Waals surface area contributed by atoms with Gasteiger partial charge >= 0.3 is 0 Å². The van der Waals surface area contributed by atoms with Gasteiger partial charge in [-0.2, -0.15) is 0 Å². The molecule has 0 saturated carbocycles. The number of carbonyl (C=O) groups is 1. The van der Waals surface area contributed by atoms with Crippen LogP contribution in [0.5, 0.6) is 0 Å². The smallest absolute Gasteiger partial charge is 0.230 e. The van der Waals surface area contributed by atoms with Gasteiger partial charge in [0.25, 0.3) is 0 Å². The van der Waals surface area contributed by atoms with Crippen LogP contribution in [0.4, 0.5) is 5.00 Å². The molecule has 4 nitrogen and oxygen atoms in total. The van der Waals surface area contributed by atoms with Crippen molar-refractivity contribution in [2.45, 2.75) is 54.5 Å². The minimum absolute atomic E-state index is 0.0517. The summed E-state index contributed by atoms with van der Waals surface area (Å²) in [6.07, 6.45) is 1.01. The third-order valence-corrected chi connectivity index (χ3v) is 7.19. The summed E-state index contributed by atoms with van der Waals surface area (Å²) in [6.45, 7) is 15.1. The van der Waals surface area contributed by atoms with Gasteiger partial charge < -0.3 is 5.32 Å². The third kappa shape index (κ3) is 4.55. The second kappa shape index (κ2) is 8.94. The molecule has 3 aromatic rings. The molecule has 0 bridgehead atoms. The summed E-state index contributed by atoms with van der Waals surface area (Å²) >= 11 is 3.44. The molecule has 6 heteroatoms. The Morgan fingerprint density at radius 3 is 2.59 bits per heavy atom. The molecule has 1 N–H and O–H groups in total. The predicted molar refractivity (Wildman–Crippen MR) is 127 cm³/mol. The summed E-state index contributed by atoms with van der Waals surface area (Å²) in [5, 5.41) is 5.18. The van der Waals surface area contributed by atoms with Crippen molar-refractivity contribution in [2.75, 3.05) is 18.4 Å². The van der Waals surface area contributed by atoms with Gasteiger partial charge in [0.1, 0.15) is 10.0 Å². The van der Waals surface area contributed by atoms with Gasteiger partial charge in [-0.05, 0) is 30.7 Å². The quantitative estimate of drug-likeness (QED) is 0.523. The highest BCUT2D eigenvalue weighted by Crippen LogP contribution is 2.46. The van der Waals surface area contributed by atoms with Crippen LogP contribution in [0.3, 0.4) is 0 Å². The van der Waals surface area contributed by atoms with Crippen LogP contribution in [0.25, 0.3) is 20.8 Å². The lowest BCUT2D eigenvalue weighted by molar-refractivity contribution is -0.123. The minimum Gasteiger partial charge on any atom is -0.317 e. The number of hydrogen-bond donors (Lipinski definition) is 1. The molecule has 156 valence electrons. The zero-order valence-electron chi connectivity index (χ0n) is 18.3. The Morgan fingerprint density at radius 1 is 1.21 bits per heavy atom. The number of thiazole rings is 1. The summed E-state index contributed by atoms with van der Waals surface area (Å²) in [4.78, 5) is 21.4. The number of rotatable bonds is 3. The van der Waals surface area contributed by atoms with E-state index in [1.165, 1.54) is 15.1 Å². The number of carbonyl (C=O) groups excluding carboxylic acids is 1. The minimum atomic E-state index is -0.426. The molecule has 0 radical (unpaired) electrons. The Hall–Kier alpha value is -1.76. The highest BCUT2D eigenvalue weighted by Gasteiger charge is 2.29. The fourth-order valence-corrected chi connectivity index (χ4v) is 5.71. The number of amides is 1. The second-order valence-electron chi connectivity index (χ2n) is 8.02. The van der Waals surface area contributed by atoms with Crippen molar-refractivity contribution in [2.24, 2.45) is 5.41 Å². The Bertz CT molecular complexity index is 964. The number of benzene rings is 1. The van der Waals surface area contributed by atoms with E-state index in [9.17, 15) is 4.79 Å². The molecule has 1 aliphatic heterocycles. The molecule has 0 fully saturated rings. The summed E-state index contributed by atoms with van der Waals surface area (Å²) in [7, 11) is 0. The van der Waals surface area contributed by atoms with E-state index in [1.807, 2.05) is 40.7 Å². The van der Waals surface area contributed by atoms with Crippen LogP contribution in [-0.4, -0.2) is 28.9 Å². The topological polar surface area (TPSA) is 45.2 Å². The molecule has 29 heavy (non-hydrogen) atoms. The van der Waals surface area contributed by atoms with Crippen LogP contribution in [0.1, 0.15) is 52.0 Å². The maximum atomic E-state index is 12.7. The number of nitrogens with zero attached hydrogens (tertiary/aromatic N) is 2.